The molecule has 0 radical (unpaired) electrons. The number of halogens is 1. The van der Waals surface area contributed by atoms with Crippen LogP contribution in [0.2, 0.25) is 5.02 Å². The van der Waals surface area contributed by atoms with Crippen LogP contribution in [0.15, 0.2) is 64.4 Å². The van der Waals surface area contributed by atoms with E-state index >= 15 is 0 Å². The Morgan fingerprint density at radius 2 is 1.94 bits per heavy atom. The highest BCUT2D eigenvalue weighted by Gasteiger charge is 2.30. The van der Waals surface area contributed by atoms with Crippen LogP contribution in [0.3, 0.4) is 0 Å². The number of hydrogen-bond donors (Lipinski definition) is 0. The Labute approximate surface area is 194 Å². The van der Waals surface area contributed by atoms with E-state index in [-0.39, 0.29) is 0 Å². The quantitative estimate of drug-likeness (QED) is 0.287. The Hall–Kier alpha value is -2.97. The van der Waals surface area contributed by atoms with Gasteiger partial charge < -0.3 is 13.9 Å². The molecule has 0 aliphatic heterocycles. The number of aromatic nitrogens is 4. The number of para-hydroxylation sites is 1. The van der Waals surface area contributed by atoms with Crippen molar-refractivity contribution in [2.45, 2.75) is 36.4 Å². The fourth-order valence-corrected chi connectivity index (χ4v) is 4.38. The molecule has 32 heavy (non-hydrogen) atoms. The van der Waals surface area contributed by atoms with E-state index < -0.39 is 0 Å². The molecule has 0 spiro atoms. The number of benzene rings is 2. The fourth-order valence-electron chi connectivity index (χ4n) is 3.29. The second-order valence-electron chi connectivity index (χ2n) is 7.38. The molecule has 9 heteroatoms. The molecule has 2 heterocycles. The van der Waals surface area contributed by atoms with Gasteiger partial charge in [0.1, 0.15) is 24.4 Å². The van der Waals surface area contributed by atoms with Gasteiger partial charge in [0.2, 0.25) is 5.89 Å². The molecule has 1 saturated carbocycles. The fraction of sp³-hybridized carbons (Fsp3) is 0.261. The summed E-state index contributed by atoms with van der Waals surface area (Å²) in [5.74, 6) is 3.46. The third kappa shape index (κ3) is 4.61. The minimum atomic E-state index is 0.319. The summed E-state index contributed by atoms with van der Waals surface area (Å²) in [6, 6.07) is 15.5. The number of hydrogen-bond acceptors (Lipinski definition) is 7. The Morgan fingerprint density at radius 1 is 1.12 bits per heavy atom. The van der Waals surface area contributed by atoms with Gasteiger partial charge in [-0.2, -0.15) is 0 Å². The summed E-state index contributed by atoms with van der Waals surface area (Å²) in [5, 5.41) is 10.2. The number of nitrogens with zero attached hydrogens (tertiary/aromatic N) is 4. The zero-order chi connectivity index (χ0) is 21.9. The molecule has 0 amide bonds. The van der Waals surface area contributed by atoms with Gasteiger partial charge in [-0.3, -0.25) is 4.57 Å². The van der Waals surface area contributed by atoms with Crippen molar-refractivity contribution in [1.82, 2.24) is 19.7 Å². The second kappa shape index (κ2) is 9.26. The SMILES string of the molecule is COc1ccc(-c2nc(CSc3nnc(COc4ccccc4Cl)n3C3CC3)co2)cc1. The zero-order valence-electron chi connectivity index (χ0n) is 17.4. The van der Waals surface area contributed by atoms with Gasteiger partial charge >= 0.3 is 0 Å². The van der Waals surface area contributed by atoms with E-state index in [1.165, 1.54) is 0 Å². The Kier molecular flexibility index (Phi) is 6.05. The van der Waals surface area contributed by atoms with Gasteiger partial charge in [0, 0.05) is 17.4 Å². The lowest BCUT2D eigenvalue weighted by atomic mass is 10.2. The molecule has 164 valence electrons. The van der Waals surface area contributed by atoms with Crippen molar-refractivity contribution in [2.75, 3.05) is 7.11 Å². The maximum Gasteiger partial charge on any atom is 0.226 e. The van der Waals surface area contributed by atoms with Gasteiger partial charge in [0.15, 0.2) is 11.0 Å². The molecule has 0 saturated heterocycles. The molecule has 5 rings (SSSR count). The lowest BCUT2D eigenvalue weighted by Crippen LogP contribution is -2.07. The average molecular weight is 469 g/mol. The van der Waals surface area contributed by atoms with E-state index in [0.717, 1.165) is 40.8 Å². The average Bonchev–Trinajstić information content (AvgIpc) is 3.40. The molecule has 0 bridgehead atoms. The van der Waals surface area contributed by atoms with Crippen molar-refractivity contribution in [1.29, 1.82) is 0 Å². The predicted octanol–water partition coefficient (Wildman–Crippen LogP) is 5.80. The number of rotatable bonds is 9. The van der Waals surface area contributed by atoms with Crippen molar-refractivity contribution < 1.29 is 13.9 Å². The van der Waals surface area contributed by atoms with Crippen molar-refractivity contribution in [3.8, 4) is 23.0 Å². The molecule has 1 fully saturated rings. The Balaban J connectivity index is 1.26. The summed E-state index contributed by atoms with van der Waals surface area (Å²) in [7, 11) is 1.64. The monoisotopic (exact) mass is 468 g/mol. The highest BCUT2D eigenvalue weighted by molar-refractivity contribution is 7.98. The van der Waals surface area contributed by atoms with Crippen LogP contribution in [-0.2, 0) is 12.4 Å². The van der Waals surface area contributed by atoms with Crippen molar-refractivity contribution in [3.63, 3.8) is 0 Å². The van der Waals surface area contributed by atoms with Gasteiger partial charge in [0.05, 0.1) is 17.8 Å². The molecule has 1 aliphatic carbocycles. The second-order valence-corrected chi connectivity index (χ2v) is 8.73. The van der Waals surface area contributed by atoms with Crippen molar-refractivity contribution in [3.05, 3.63) is 71.3 Å². The minimum absolute atomic E-state index is 0.319. The van der Waals surface area contributed by atoms with Crippen LogP contribution in [0.5, 0.6) is 11.5 Å². The largest absolute Gasteiger partial charge is 0.497 e. The third-order valence-corrected chi connectivity index (χ3v) is 6.37. The summed E-state index contributed by atoms with van der Waals surface area (Å²) >= 11 is 7.79. The Bertz CT molecular complexity index is 1200. The van der Waals surface area contributed by atoms with E-state index in [4.69, 9.17) is 25.5 Å². The number of oxazole rings is 1. The number of ether oxygens (including phenoxy) is 2. The van der Waals surface area contributed by atoms with E-state index in [9.17, 15) is 0 Å². The first-order valence-electron chi connectivity index (χ1n) is 10.2. The summed E-state index contributed by atoms with van der Waals surface area (Å²) in [6.45, 7) is 0.319. The van der Waals surface area contributed by atoms with E-state index in [1.807, 2.05) is 48.5 Å². The third-order valence-electron chi connectivity index (χ3n) is 5.08. The van der Waals surface area contributed by atoms with Gasteiger partial charge in [-0.25, -0.2) is 4.98 Å². The molecular formula is C23H21ClN4O3S. The lowest BCUT2D eigenvalue weighted by Gasteiger charge is -2.10. The molecule has 1 aliphatic rings. The van der Waals surface area contributed by atoms with E-state index in [0.29, 0.717) is 35.1 Å². The van der Waals surface area contributed by atoms with Gasteiger partial charge in [-0.1, -0.05) is 35.5 Å². The Morgan fingerprint density at radius 3 is 2.69 bits per heavy atom. The maximum atomic E-state index is 6.20. The predicted molar refractivity (Wildman–Crippen MR) is 122 cm³/mol. The van der Waals surface area contributed by atoms with Crippen LogP contribution in [0.25, 0.3) is 11.5 Å². The van der Waals surface area contributed by atoms with Crippen LogP contribution in [0.1, 0.15) is 30.4 Å². The van der Waals surface area contributed by atoms with Crippen molar-refractivity contribution >= 4 is 23.4 Å². The standard InChI is InChI=1S/C23H21ClN4O3S/c1-29-18-10-6-15(7-11-18)22-25-16(12-31-22)14-32-23-27-26-21(28(23)17-8-9-17)13-30-20-5-3-2-4-19(20)24/h2-7,10-12,17H,8-9,13-14H2,1H3. The van der Waals surface area contributed by atoms with Crippen LogP contribution in [0, 0.1) is 0 Å². The maximum absolute atomic E-state index is 6.20. The highest BCUT2D eigenvalue weighted by atomic mass is 35.5. The van der Waals surface area contributed by atoms with Crippen LogP contribution in [0.4, 0.5) is 0 Å². The molecule has 0 N–H and O–H groups in total. The molecule has 4 aromatic rings. The zero-order valence-corrected chi connectivity index (χ0v) is 19.0. The van der Waals surface area contributed by atoms with Crippen LogP contribution >= 0.6 is 23.4 Å². The summed E-state index contributed by atoms with van der Waals surface area (Å²) in [6.07, 6.45) is 3.93. The van der Waals surface area contributed by atoms with Gasteiger partial charge in [0.25, 0.3) is 0 Å². The smallest absolute Gasteiger partial charge is 0.226 e. The van der Waals surface area contributed by atoms with E-state index in [2.05, 4.69) is 19.7 Å². The number of methoxy groups -OCH3 is 1. The molecule has 0 atom stereocenters. The van der Waals surface area contributed by atoms with Crippen LogP contribution in [-0.4, -0.2) is 26.9 Å². The van der Waals surface area contributed by atoms with Gasteiger partial charge in [-0.05, 0) is 49.2 Å². The number of thioether (sulfide) groups is 1. The summed E-state index contributed by atoms with van der Waals surface area (Å²) < 4.78 is 18.9. The topological polar surface area (TPSA) is 75.2 Å². The first-order chi connectivity index (χ1) is 15.7. The van der Waals surface area contributed by atoms with Gasteiger partial charge in [-0.15, -0.1) is 10.2 Å². The summed E-state index contributed by atoms with van der Waals surface area (Å²) in [5.41, 5.74) is 1.75. The van der Waals surface area contributed by atoms with E-state index in [1.54, 1.807) is 25.1 Å². The molecule has 2 aromatic carbocycles. The van der Waals surface area contributed by atoms with Crippen LogP contribution < -0.4 is 9.47 Å². The highest BCUT2D eigenvalue weighted by Crippen LogP contribution is 2.39. The van der Waals surface area contributed by atoms with Crippen molar-refractivity contribution in [2.24, 2.45) is 0 Å². The molecule has 0 unspecified atom stereocenters. The first kappa shape index (κ1) is 20.9. The normalized spacial score (nSPS) is 13.3. The molecule has 7 nitrogen and oxygen atoms in total. The molecular weight excluding hydrogens is 448 g/mol. The molecule has 2 aromatic heterocycles. The lowest BCUT2D eigenvalue weighted by molar-refractivity contribution is 0.288. The first-order valence-corrected chi connectivity index (χ1v) is 11.6. The minimum Gasteiger partial charge on any atom is -0.497 e. The summed E-state index contributed by atoms with van der Waals surface area (Å²) in [4.78, 5) is 4.61.